The van der Waals surface area contributed by atoms with E-state index in [1.165, 1.54) is 37.7 Å². The molecule has 3 rings (SSSR count). The molecule has 0 unspecified atom stereocenters. The van der Waals surface area contributed by atoms with E-state index in [0.717, 1.165) is 56.2 Å². The number of hydrogen-bond donors (Lipinski definition) is 3. The summed E-state index contributed by atoms with van der Waals surface area (Å²) in [4.78, 5) is 9.26. The van der Waals surface area contributed by atoms with Crippen LogP contribution in [-0.4, -0.2) is 47.4 Å². The van der Waals surface area contributed by atoms with Crippen LogP contribution in [0, 0.1) is 5.41 Å². The van der Waals surface area contributed by atoms with Crippen molar-refractivity contribution in [3.63, 3.8) is 0 Å². The van der Waals surface area contributed by atoms with Crippen LogP contribution in [0.25, 0.3) is 11.5 Å². The fourth-order valence-corrected chi connectivity index (χ4v) is 4.27. The van der Waals surface area contributed by atoms with Gasteiger partial charge in [-0.15, -0.1) is 24.0 Å². The minimum absolute atomic E-state index is 0. The molecule has 0 aliphatic heterocycles. The number of benzene rings is 1. The molecule has 0 bridgehead atoms. The minimum Gasteiger partial charge on any atom is -0.396 e. The monoisotopic (exact) mass is 555 g/mol. The smallest absolute Gasteiger partial charge is 0.257 e. The van der Waals surface area contributed by atoms with E-state index in [-0.39, 0.29) is 36.0 Å². The van der Waals surface area contributed by atoms with Crippen molar-refractivity contribution in [1.29, 1.82) is 0 Å². The van der Waals surface area contributed by atoms with Gasteiger partial charge in [-0.25, -0.2) is 0 Å². The summed E-state index contributed by atoms with van der Waals surface area (Å²) in [5.74, 6) is 2.16. The largest absolute Gasteiger partial charge is 0.396 e. The van der Waals surface area contributed by atoms with Crippen molar-refractivity contribution in [1.82, 2.24) is 20.8 Å². The molecule has 0 radical (unpaired) electrons. The molecule has 2 aromatic rings. The summed E-state index contributed by atoms with van der Waals surface area (Å²) < 4.78 is 5.31. The maximum absolute atomic E-state index is 9.53. The molecule has 1 aromatic heterocycles. The van der Waals surface area contributed by atoms with Gasteiger partial charge in [-0.2, -0.15) is 4.98 Å². The number of guanidine groups is 1. The van der Waals surface area contributed by atoms with E-state index in [1.54, 1.807) is 0 Å². The molecule has 1 aliphatic rings. The first-order chi connectivity index (χ1) is 15.2. The first-order valence-electron chi connectivity index (χ1n) is 11.7. The summed E-state index contributed by atoms with van der Waals surface area (Å²) in [6, 6.07) is 8.27. The number of hydrogen-bond acceptors (Lipinski definition) is 5. The van der Waals surface area contributed by atoms with E-state index >= 15 is 0 Å². The highest BCUT2D eigenvalue weighted by molar-refractivity contribution is 14.0. The standard InChI is InChI=1S/C24H37N5O2.HI/c1-3-21-28-22(31-29-21)20-10-8-19(9-11-20)12-16-26-23(25-4-2)27-18-24(15-17-30)13-6-5-7-14-24;/h8-11,30H,3-7,12-18H2,1-2H3,(H2,25,26,27);1H. The Morgan fingerprint density at radius 2 is 1.88 bits per heavy atom. The number of nitrogens with zero attached hydrogens (tertiary/aromatic N) is 3. The van der Waals surface area contributed by atoms with E-state index < -0.39 is 0 Å². The van der Waals surface area contributed by atoms with Gasteiger partial charge in [-0.3, -0.25) is 4.99 Å². The zero-order valence-electron chi connectivity index (χ0n) is 19.4. The Morgan fingerprint density at radius 1 is 1.12 bits per heavy atom. The van der Waals surface area contributed by atoms with Crippen LogP contribution < -0.4 is 10.6 Å². The van der Waals surface area contributed by atoms with E-state index in [2.05, 4.69) is 39.8 Å². The Balaban J connectivity index is 0.00000363. The molecule has 1 aromatic carbocycles. The highest BCUT2D eigenvalue weighted by atomic mass is 127. The normalized spacial score (nSPS) is 15.8. The Bertz CT molecular complexity index is 811. The van der Waals surface area contributed by atoms with Crippen LogP contribution in [0.4, 0.5) is 0 Å². The van der Waals surface area contributed by atoms with Crippen molar-refractivity contribution >= 4 is 29.9 Å². The molecule has 32 heavy (non-hydrogen) atoms. The average Bonchev–Trinajstić information content (AvgIpc) is 3.28. The van der Waals surface area contributed by atoms with Crippen molar-refractivity contribution in [2.24, 2.45) is 10.4 Å². The molecule has 0 atom stereocenters. The van der Waals surface area contributed by atoms with Crippen molar-refractivity contribution in [3.05, 3.63) is 35.7 Å². The third-order valence-corrected chi connectivity index (χ3v) is 6.16. The summed E-state index contributed by atoms with van der Waals surface area (Å²) in [7, 11) is 0. The van der Waals surface area contributed by atoms with E-state index in [4.69, 9.17) is 9.52 Å². The fraction of sp³-hybridized carbons (Fsp3) is 0.625. The lowest BCUT2D eigenvalue weighted by Crippen LogP contribution is -2.40. The van der Waals surface area contributed by atoms with Crippen molar-refractivity contribution in [2.45, 2.75) is 65.2 Å². The Morgan fingerprint density at radius 3 is 2.50 bits per heavy atom. The van der Waals surface area contributed by atoms with Gasteiger partial charge in [0, 0.05) is 38.2 Å². The SMILES string of the molecule is CCNC(=NCC1(CCO)CCCCC1)NCCc1ccc(-c2nc(CC)no2)cc1.I. The number of nitrogens with one attached hydrogen (secondary N) is 2. The molecule has 7 nitrogen and oxygen atoms in total. The van der Waals surface area contributed by atoms with E-state index in [0.29, 0.717) is 5.89 Å². The Kier molecular flexibility index (Phi) is 11.4. The number of aromatic nitrogens is 2. The zero-order valence-corrected chi connectivity index (χ0v) is 21.7. The summed E-state index contributed by atoms with van der Waals surface area (Å²) >= 11 is 0. The van der Waals surface area contributed by atoms with Gasteiger partial charge >= 0.3 is 0 Å². The van der Waals surface area contributed by atoms with Gasteiger partial charge in [0.15, 0.2) is 11.8 Å². The number of halogens is 1. The molecule has 1 aliphatic carbocycles. The summed E-state index contributed by atoms with van der Waals surface area (Å²) in [5.41, 5.74) is 2.35. The predicted octanol–water partition coefficient (Wildman–Crippen LogP) is 4.35. The summed E-state index contributed by atoms with van der Waals surface area (Å²) in [6.45, 7) is 6.76. The Labute approximate surface area is 208 Å². The van der Waals surface area contributed by atoms with E-state index in [9.17, 15) is 5.11 Å². The van der Waals surface area contributed by atoms with Crippen LogP contribution in [0.3, 0.4) is 0 Å². The van der Waals surface area contributed by atoms with Crippen molar-refractivity contribution in [3.8, 4) is 11.5 Å². The molecule has 3 N–H and O–H groups in total. The quantitative estimate of drug-likeness (QED) is 0.229. The van der Waals surface area contributed by atoms with Crippen LogP contribution in [-0.2, 0) is 12.8 Å². The molecule has 0 saturated heterocycles. The third-order valence-electron chi connectivity index (χ3n) is 6.16. The first-order valence-corrected chi connectivity index (χ1v) is 11.7. The molecule has 178 valence electrons. The number of rotatable bonds is 10. The average molecular weight is 556 g/mol. The van der Waals surface area contributed by atoms with Gasteiger partial charge in [0.25, 0.3) is 5.89 Å². The second-order valence-corrected chi connectivity index (χ2v) is 8.47. The molecule has 0 spiro atoms. The van der Waals surface area contributed by atoms with Crippen LogP contribution in [0.5, 0.6) is 0 Å². The summed E-state index contributed by atoms with van der Waals surface area (Å²) in [6.07, 6.45) is 8.66. The first kappa shape index (κ1) is 26.6. The van der Waals surface area contributed by atoms with Gasteiger partial charge in [-0.05, 0) is 55.7 Å². The molecule has 0 amide bonds. The lowest BCUT2D eigenvalue weighted by Gasteiger charge is -2.35. The molecule has 8 heteroatoms. The number of aliphatic imine (C=N–C) groups is 1. The molecule has 1 heterocycles. The van der Waals surface area contributed by atoms with Crippen LogP contribution in [0.15, 0.2) is 33.8 Å². The molecule has 1 saturated carbocycles. The van der Waals surface area contributed by atoms with Gasteiger partial charge < -0.3 is 20.3 Å². The van der Waals surface area contributed by atoms with Crippen LogP contribution in [0.2, 0.25) is 0 Å². The van der Waals surface area contributed by atoms with Crippen LogP contribution in [0.1, 0.15) is 63.8 Å². The molecular formula is C24H38IN5O2. The zero-order chi connectivity index (χ0) is 21.9. The number of aliphatic hydroxyl groups is 1. The fourth-order valence-electron chi connectivity index (χ4n) is 4.27. The summed E-state index contributed by atoms with van der Waals surface area (Å²) in [5, 5.41) is 20.3. The maximum Gasteiger partial charge on any atom is 0.257 e. The maximum atomic E-state index is 9.53. The second kappa shape index (κ2) is 13.8. The highest BCUT2D eigenvalue weighted by Gasteiger charge is 2.31. The van der Waals surface area contributed by atoms with Gasteiger partial charge in [-0.1, -0.05) is 43.5 Å². The van der Waals surface area contributed by atoms with Crippen molar-refractivity contribution < 1.29 is 9.63 Å². The lowest BCUT2D eigenvalue weighted by molar-refractivity contribution is 0.137. The molecular weight excluding hydrogens is 517 g/mol. The lowest BCUT2D eigenvalue weighted by atomic mass is 9.72. The highest BCUT2D eigenvalue weighted by Crippen LogP contribution is 2.39. The second-order valence-electron chi connectivity index (χ2n) is 8.47. The topological polar surface area (TPSA) is 95.6 Å². The van der Waals surface area contributed by atoms with Gasteiger partial charge in [0.2, 0.25) is 0 Å². The van der Waals surface area contributed by atoms with Gasteiger partial charge in [0.05, 0.1) is 0 Å². The Hall–Kier alpha value is -1.68. The van der Waals surface area contributed by atoms with Crippen LogP contribution >= 0.6 is 24.0 Å². The number of aryl methyl sites for hydroxylation is 1. The van der Waals surface area contributed by atoms with E-state index in [1.807, 2.05) is 19.1 Å². The van der Waals surface area contributed by atoms with Crippen molar-refractivity contribution in [2.75, 3.05) is 26.2 Å². The minimum atomic E-state index is 0. The molecule has 1 fully saturated rings. The number of aliphatic hydroxyl groups excluding tert-OH is 1. The third kappa shape index (κ3) is 7.72. The predicted molar refractivity (Wildman–Crippen MR) is 139 cm³/mol. The van der Waals surface area contributed by atoms with Gasteiger partial charge in [0.1, 0.15) is 0 Å².